The topological polar surface area (TPSA) is 105 Å². The summed E-state index contributed by atoms with van der Waals surface area (Å²) in [6, 6.07) is 8.00. The van der Waals surface area contributed by atoms with E-state index in [1.165, 1.54) is 0 Å². The number of rotatable bonds is 5. The average molecular weight is 541 g/mol. The third kappa shape index (κ3) is 7.08. The lowest BCUT2D eigenvalue weighted by Gasteiger charge is -2.28. The molecule has 10 heteroatoms. The van der Waals surface area contributed by atoms with Crippen LogP contribution in [0.15, 0.2) is 29.3 Å². The molecule has 0 aliphatic carbocycles. The molecule has 3 rings (SSSR count). The molecule has 9 nitrogen and oxygen atoms in total. The summed E-state index contributed by atoms with van der Waals surface area (Å²) in [6.07, 6.45) is 0.801. The van der Waals surface area contributed by atoms with Crippen molar-refractivity contribution in [1.29, 1.82) is 0 Å². The van der Waals surface area contributed by atoms with E-state index in [0.717, 1.165) is 29.4 Å². The molecule has 1 amide bonds. The minimum atomic E-state index is -0.292. The minimum Gasteiger partial charge on any atom is -0.493 e. The fourth-order valence-corrected chi connectivity index (χ4v) is 3.17. The molecule has 170 valence electrons. The van der Waals surface area contributed by atoms with E-state index < -0.39 is 0 Å². The number of carbonyl (C=O) groups is 1. The summed E-state index contributed by atoms with van der Waals surface area (Å²) in [4.78, 5) is 16.9. The van der Waals surface area contributed by atoms with Crippen LogP contribution in [0.2, 0.25) is 0 Å². The molecule has 0 bridgehead atoms. The fraction of sp³-hybridized carbons (Fsp3) is 0.524. The van der Waals surface area contributed by atoms with Gasteiger partial charge >= 0.3 is 0 Å². The van der Waals surface area contributed by atoms with Crippen LogP contribution in [0, 0.1) is 6.92 Å². The van der Waals surface area contributed by atoms with Crippen molar-refractivity contribution in [3.8, 4) is 5.75 Å². The van der Waals surface area contributed by atoms with Crippen molar-refractivity contribution in [3.63, 3.8) is 0 Å². The second-order valence-electron chi connectivity index (χ2n) is 8.41. The number of nitrogens with zero attached hydrogens (tertiary/aromatic N) is 4. The zero-order chi connectivity index (χ0) is 21.7. The quantitative estimate of drug-likeness (QED) is 0.305. The highest BCUT2D eigenvalue weighted by Crippen LogP contribution is 2.31. The van der Waals surface area contributed by atoms with Crippen molar-refractivity contribution in [2.75, 3.05) is 13.2 Å². The molecule has 1 aromatic heterocycles. The molecule has 2 heterocycles. The van der Waals surface area contributed by atoms with Gasteiger partial charge in [-0.15, -0.1) is 34.2 Å². The number of aliphatic imine (C=N–C) groups is 1. The van der Waals surface area contributed by atoms with Crippen LogP contribution in [-0.2, 0) is 18.4 Å². The molecule has 31 heavy (non-hydrogen) atoms. The van der Waals surface area contributed by atoms with Gasteiger partial charge in [-0.1, -0.05) is 18.2 Å². The van der Waals surface area contributed by atoms with Crippen LogP contribution in [0.3, 0.4) is 0 Å². The standard InChI is InChI=1S/C21H31N7O2.HI/c1-14-26-27-18(28(14)5)12-22-20(23-13-19(29)25-21(2,3)4)24-16-10-11-30-17-9-7-6-8-15(16)17;/h6-9,16H,10-13H2,1-5H3,(H,25,29)(H2,22,23,24);1H. The third-order valence-corrected chi connectivity index (χ3v) is 4.76. The first kappa shape index (κ1) is 24.9. The number of halogens is 1. The molecule has 0 saturated carbocycles. The monoisotopic (exact) mass is 541 g/mol. The SMILES string of the molecule is Cc1nnc(CN=C(NCC(=O)NC(C)(C)C)NC2CCOc3ccccc32)n1C.I. The Labute approximate surface area is 200 Å². The number of benzene rings is 1. The predicted molar refractivity (Wildman–Crippen MR) is 131 cm³/mol. The Morgan fingerprint density at radius 1 is 1.29 bits per heavy atom. The Morgan fingerprint density at radius 2 is 2.03 bits per heavy atom. The van der Waals surface area contributed by atoms with E-state index in [4.69, 9.17) is 4.74 Å². The first-order valence-corrected chi connectivity index (χ1v) is 10.2. The maximum atomic E-state index is 12.3. The molecule has 3 N–H and O–H groups in total. The van der Waals surface area contributed by atoms with Gasteiger partial charge in [0, 0.05) is 24.6 Å². The van der Waals surface area contributed by atoms with Gasteiger partial charge in [-0.2, -0.15) is 0 Å². The van der Waals surface area contributed by atoms with Crippen LogP contribution in [0.25, 0.3) is 0 Å². The maximum absolute atomic E-state index is 12.3. The van der Waals surface area contributed by atoms with E-state index >= 15 is 0 Å². The first-order chi connectivity index (χ1) is 14.2. The van der Waals surface area contributed by atoms with Crippen LogP contribution >= 0.6 is 24.0 Å². The summed E-state index contributed by atoms with van der Waals surface area (Å²) >= 11 is 0. The number of para-hydroxylation sites is 1. The van der Waals surface area contributed by atoms with Gasteiger partial charge < -0.3 is 25.3 Å². The molecular formula is C21H32IN7O2. The number of fused-ring (bicyclic) bond motifs is 1. The highest BCUT2D eigenvalue weighted by Gasteiger charge is 2.22. The lowest BCUT2D eigenvalue weighted by atomic mass is 10.0. The summed E-state index contributed by atoms with van der Waals surface area (Å²) in [5.74, 6) is 2.89. The highest BCUT2D eigenvalue weighted by atomic mass is 127. The number of carbonyl (C=O) groups excluding carboxylic acids is 1. The summed E-state index contributed by atoms with van der Waals surface area (Å²) in [5.41, 5.74) is 0.783. The zero-order valence-electron chi connectivity index (χ0n) is 18.7. The number of hydrogen-bond donors (Lipinski definition) is 3. The van der Waals surface area contributed by atoms with Gasteiger partial charge in [-0.25, -0.2) is 4.99 Å². The third-order valence-electron chi connectivity index (χ3n) is 4.76. The van der Waals surface area contributed by atoms with Gasteiger partial charge in [0.2, 0.25) is 5.91 Å². The average Bonchev–Trinajstić information content (AvgIpc) is 3.01. The molecule has 1 aromatic carbocycles. The Bertz CT molecular complexity index is 921. The molecule has 2 aromatic rings. The lowest BCUT2D eigenvalue weighted by Crippen LogP contribution is -2.49. The molecule has 0 fully saturated rings. The number of aromatic nitrogens is 3. The Kier molecular flexibility index (Phi) is 8.66. The molecular weight excluding hydrogens is 509 g/mol. The van der Waals surface area contributed by atoms with Crippen LogP contribution < -0.4 is 20.7 Å². The number of hydrogen-bond acceptors (Lipinski definition) is 5. The van der Waals surface area contributed by atoms with Crippen molar-refractivity contribution in [3.05, 3.63) is 41.5 Å². The summed E-state index contributed by atoms with van der Waals surface area (Å²) < 4.78 is 7.65. The van der Waals surface area contributed by atoms with Crippen LogP contribution in [0.5, 0.6) is 5.75 Å². The minimum absolute atomic E-state index is 0. The number of guanidine groups is 1. The molecule has 0 radical (unpaired) electrons. The Hall–Kier alpha value is -2.37. The van der Waals surface area contributed by atoms with Crippen molar-refractivity contribution >= 4 is 35.8 Å². The van der Waals surface area contributed by atoms with Gasteiger partial charge in [0.1, 0.15) is 18.1 Å². The van der Waals surface area contributed by atoms with Crippen molar-refractivity contribution in [2.45, 2.75) is 52.2 Å². The Morgan fingerprint density at radius 3 is 2.71 bits per heavy atom. The maximum Gasteiger partial charge on any atom is 0.239 e. The van der Waals surface area contributed by atoms with Crippen LogP contribution in [0.4, 0.5) is 0 Å². The largest absolute Gasteiger partial charge is 0.493 e. The van der Waals surface area contributed by atoms with Gasteiger partial charge in [0.05, 0.1) is 19.2 Å². The van der Waals surface area contributed by atoms with E-state index in [2.05, 4.69) is 31.1 Å². The second-order valence-corrected chi connectivity index (χ2v) is 8.41. The predicted octanol–water partition coefficient (Wildman–Crippen LogP) is 2.22. The molecule has 1 aliphatic heterocycles. The molecule has 0 saturated heterocycles. The van der Waals surface area contributed by atoms with Crippen molar-refractivity contribution in [2.24, 2.45) is 12.0 Å². The van der Waals surface area contributed by atoms with E-state index in [-0.39, 0.29) is 48.0 Å². The molecule has 1 atom stereocenters. The first-order valence-electron chi connectivity index (χ1n) is 10.2. The van der Waals surface area contributed by atoms with Gasteiger partial charge in [0.15, 0.2) is 11.8 Å². The fourth-order valence-electron chi connectivity index (χ4n) is 3.17. The zero-order valence-corrected chi connectivity index (χ0v) is 21.1. The number of aryl methyl sites for hydroxylation is 1. The summed E-state index contributed by atoms with van der Waals surface area (Å²) in [6.45, 7) is 8.83. The van der Waals surface area contributed by atoms with E-state index in [9.17, 15) is 4.79 Å². The van der Waals surface area contributed by atoms with E-state index in [1.807, 2.05) is 63.6 Å². The number of amides is 1. The van der Waals surface area contributed by atoms with E-state index in [0.29, 0.717) is 19.1 Å². The van der Waals surface area contributed by atoms with Crippen molar-refractivity contribution in [1.82, 2.24) is 30.7 Å². The van der Waals surface area contributed by atoms with Crippen LogP contribution in [0.1, 0.15) is 50.4 Å². The van der Waals surface area contributed by atoms with Crippen LogP contribution in [-0.4, -0.2) is 45.3 Å². The van der Waals surface area contributed by atoms with E-state index in [1.54, 1.807) is 0 Å². The van der Waals surface area contributed by atoms with Gasteiger partial charge in [0.25, 0.3) is 0 Å². The summed E-state index contributed by atoms with van der Waals surface area (Å²) in [7, 11) is 1.91. The smallest absolute Gasteiger partial charge is 0.239 e. The molecule has 0 spiro atoms. The van der Waals surface area contributed by atoms with Gasteiger partial charge in [-0.05, 0) is 33.8 Å². The van der Waals surface area contributed by atoms with Crippen molar-refractivity contribution < 1.29 is 9.53 Å². The van der Waals surface area contributed by atoms with Gasteiger partial charge in [-0.3, -0.25) is 4.79 Å². The second kappa shape index (κ2) is 10.8. The lowest BCUT2D eigenvalue weighted by molar-refractivity contribution is -0.121. The normalized spacial score (nSPS) is 15.9. The number of ether oxygens (including phenoxy) is 1. The molecule has 1 aliphatic rings. The molecule has 1 unspecified atom stereocenters. The highest BCUT2D eigenvalue weighted by molar-refractivity contribution is 14.0. The Balaban J connectivity index is 0.00000341. The number of nitrogens with one attached hydrogen (secondary N) is 3. The summed E-state index contributed by atoms with van der Waals surface area (Å²) in [5, 5.41) is 17.8.